The van der Waals surface area contributed by atoms with E-state index in [1.807, 2.05) is 0 Å². The number of aromatic nitrogens is 3. The predicted molar refractivity (Wildman–Crippen MR) is 72.5 cm³/mol. The standard InChI is InChI=1S/C12H18N4O6/c1-5(2)8(19)12(9(20)7(18)6(3-17)22-12)16-4-14-10(13)15-11(16)21/h4-7,9,17-18,20H,3H2,1-2H3,(H2,13,15,21)/t6-,7-,9-,12-/m1/s1. The number of anilines is 1. The quantitative estimate of drug-likeness (QED) is 0.460. The van der Waals surface area contributed by atoms with Crippen LogP contribution in [0.5, 0.6) is 0 Å². The van der Waals surface area contributed by atoms with Crippen LogP contribution in [0.1, 0.15) is 13.8 Å². The van der Waals surface area contributed by atoms with Crippen LogP contribution in [0.3, 0.4) is 0 Å². The number of carbonyl (C=O) groups is 1. The van der Waals surface area contributed by atoms with Crippen molar-refractivity contribution in [1.82, 2.24) is 14.5 Å². The van der Waals surface area contributed by atoms with E-state index < -0.39 is 48.0 Å². The van der Waals surface area contributed by atoms with Gasteiger partial charge in [-0.25, -0.2) is 14.3 Å². The zero-order valence-electron chi connectivity index (χ0n) is 12.1. The average molecular weight is 314 g/mol. The number of nitrogens with two attached hydrogens (primary N) is 1. The van der Waals surface area contributed by atoms with Gasteiger partial charge in [0.2, 0.25) is 11.7 Å². The highest BCUT2D eigenvalue weighted by molar-refractivity contribution is 5.88. The lowest BCUT2D eigenvalue weighted by atomic mass is 9.91. The van der Waals surface area contributed by atoms with Crippen molar-refractivity contribution in [2.45, 2.75) is 37.9 Å². The number of nitrogen functional groups attached to an aromatic ring is 1. The molecule has 22 heavy (non-hydrogen) atoms. The van der Waals surface area contributed by atoms with Crippen molar-refractivity contribution in [3.8, 4) is 0 Å². The molecule has 1 saturated heterocycles. The largest absolute Gasteiger partial charge is 0.394 e. The first kappa shape index (κ1) is 16.5. The van der Waals surface area contributed by atoms with Crippen molar-refractivity contribution in [3.63, 3.8) is 0 Å². The Kier molecular flexibility index (Phi) is 4.29. The Hall–Kier alpha value is -1.88. The summed E-state index contributed by atoms with van der Waals surface area (Å²) in [5.41, 5.74) is 2.12. The van der Waals surface area contributed by atoms with Crippen LogP contribution in [0.2, 0.25) is 0 Å². The van der Waals surface area contributed by atoms with E-state index in [2.05, 4.69) is 9.97 Å². The van der Waals surface area contributed by atoms with Gasteiger partial charge in [0.15, 0.2) is 5.78 Å². The van der Waals surface area contributed by atoms with Crippen LogP contribution < -0.4 is 11.4 Å². The Morgan fingerprint density at radius 3 is 2.64 bits per heavy atom. The van der Waals surface area contributed by atoms with Crippen LogP contribution in [0.15, 0.2) is 11.1 Å². The van der Waals surface area contributed by atoms with Crippen molar-refractivity contribution in [2.75, 3.05) is 12.3 Å². The molecule has 1 fully saturated rings. The van der Waals surface area contributed by atoms with Crippen molar-refractivity contribution in [3.05, 3.63) is 16.8 Å². The van der Waals surface area contributed by atoms with Gasteiger partial charge in [-0.1, -0.05) is 13.8 Å². The number of aliphatic hydroxyl groups excluding tert-OH is 3. The third-order valence-corrected chi connectivity index (χ3v) is 3.57. The fraction of sp³-hybridized carbons (Fsp3) is 0.667. The molecule has 1 aromatic rings. The Labute approximate surface area is 125 Å². The Balaban J connectivity index is 2.67. The molecule has 10 heteroatoms. The number of aliphatic hydroxyl groups is 3. The first-order valence-corrected chi connectivity index (χ1v) is 6.66. The van der Waals surface area contributed by atoms with Crippen molar-refractivity contribution < 1.29 is 24.9 Å². The Bertz CT molecular complexity index is 632. The molecule has 0 saturated carbocycles. The summed E-state index contributed by atoms with van der Waals surface area (Å²) in [6.45, 7) is 2.44. The monoisotopic (exact) mass is 314 g/mol. The van der Waals surface area contributed by atoms with Crippen LogP contribution in [-0.4, -0.2) is 60.6 Å². The number of rotatable bonds is 4. The van der Waals surface area contributed by atoms with E-state index in [1.54, 1.807) is 13.8 Å². The number of nitrogens with zero attached hydrogens (tertiary/aromatic N) is 3. The molecule has 0 unspecified atom stereocenters. The zero-order chi connectivity index (χ0) is 16.7. The second kappa shape index (κ2) is 5.72. The van der Waals surface area contributed by atoms with Gasteiger partial charge >= 0.3 is 5.69 Å². The average Bonchev–Trinajstić information content (AvgIpc) is 2.72. The number of Topliss-reactive ketones (excluding diaryl/α,β-unsaturated/α-hetero) is 1. The number of carbonyl (C=O) groups excluding carboxylic acids is 1. The molecular formula is C12H18N4O6. The van der Waals surface area contributed by atoms with Crippen LogP contribution >= 0.6 is 0 Å². The molecule has 2 rings (SSSR count). The fourth-order valence-corrected chi connectivity index (χ4v) is 2.46. The predicted octanol–water partition coefficient (Wildman–Crippen LogP) is -2.79. The molecule has 0 radical (unpaired) electrons. The molecule has 0 spiro atoms. The molecule has 0 amide bonds. The maximum absolute atomic E-state index is 12.6. The van der Waals surface area contributed by atoms with Crippen molar-refractivity contribution >= 4 is 11.7 Å². The van der Waals surface area contributed by atoms with Gasteiger partial charge in [-0.05, 0) is 0 Å². The Morgan fingerprint density at radius 2 is 2.18 bits per heavy atom. The first-order valence-electron chi connectivity index (χ1n) is 6.66. The summed E-state index contributed by atoms with van der Waals surface area (Å²) >= 11 is 0. The van der Waals surface area contributed by atoms with E-state index in [0.717, 1.165) is 6.33 Å². The third kappa shape index (κ3) is 2.29. The number of ether oxygens (including phenoxy) is 1. The SMILES string of the molecule is CC(C)C(=O)[C@@]1(n2cnc(N)nc2=O)O[C@H](CO)[C@@H](O)[C@H]1O. The van der Waals surface area contributed by atoms with Crippen LogP contribution in [0.4, 0.5) is 5.95 Å². The number of hydrogen-bond donors (Lipinski definition) is 4. The molecule has 4 atom stereocenters. The summed E-state index contributed by atoms with van der Waals surface area (Å²) in [6, 6.07) is 0. The summed E-state index contributed by atoms with van der Waals surface area (Å²) in [6.07, 6.45) is -3.65. The van der Waals surface area contributed by atoms with Gasteiger partial charge in [-0.15, -0.1) is 0 Å². The van der Waals surface area contributed by atoms with E-state index in [0.29, 0.717) is 4.57 Å². The molecule has 1 aromatic heterocycles. The van der Waals surface area contributed by atoms with E-state index >= 15 is 0 Å². The summed E-state index contributed by atoms with van der Waals surface area (Å²) in [7, 11) is 0. The molecule has 1 aliphatic rings. The van der Waals surface area contributed by atoms with Gasteiger partial charge in [0, 0.05) is 5.92 Å². The summed E-state index contributed by atoms with van der Waals surface area (Å²) in [5, 5.41) is 29.5. The molecular weight excluding hydrogens is 296 g/mol. The lowest BCUT2D eigenvalue weighted by molar-refractivity contribution is -0.179. The normalized spacial score (nSPS) is 31.6. The minimum Gasteiger partial charge on any atom is -0.394 e. The van der Waals surface area contributed by atoms with Gasteiger partial charge < -0.3 is 25.8 Å². The van der Waals surface area contributed by atoms with E-state index in [-0.39, 0.29) is 5.95 Å². The van der Waals surface area contributed by atoms with E-state index in [4.69, 9.17) is 10.5 Å². The van der Waals surface area contributed by atoms with Gasteiger partial charge in [-0.3, -0.25) is 4.79 Å². The second-order valence-corrected chi connectivity index (χ2v) is 5.36. The van der Waals surface area contributed by atoms with Crippen LogP contribution in [0, 0.1) is 5.92 Å². The maximum Gasteiger partial charge on any atom is 0.354 e. The minimum absolute atomic E-state index is 0.305. The van der Waals surface area contributed by atoms with Crippen molar-refractivity contribution in [2.24, 2.45) is 5.92 Å². The first-order chi connectivity index (χ1) is 10.3. The van der Waals surface area contributed by atoms with Crippen LogP contribution in [0.25, 0.3) is 0 Å². The van der Waals surface area contributed by atoms with Crippen molar-refractivity contribution in [1.29, 1.82) is 0 Å². The van der Waals surface area contributed by atoms with Gasteiger partial charge in [0.25, 0.3) is 0 Å². The molecule has 1 aliphatic heterocycles. The third-order valence-electron chi connectivity index (χ3n) is 3.57. The molecule has 0 bridgehead atoms. The summed E-state index contributed by atoms with van der Waals surface area (Å²) < 4.78 is 6.08. The smallest absolute Gasteiger partial charge is 0.354 e. The van der Waals surface area contributed by atoms with Gasteiger partial charge in [0.1, 0.15) is 24.6 Å². The molecule has 0 aliphatic carbocycles. The topological polar surface area (TPSA) is 161 Å². The lowest BCUT2D eigenvalue weighted by Crippen LogP contribution is -2.57. The molecule has 5 N–H and O–H groups in total. The van der Waals surface area contributed by atoms with E-state index in [1.165, 1.54) is 0 Å². The zero-order valence-corrected chi connectivity index (χ0v) is 12.1. The molecule has 10 nitrogen and oxygen atoms in total. The lowest BCUT2D eigenvalue weighted by Gasteiger charge is -2.33. The van der Waals surface area contributed by atoms with Crippen LogP contribution in [-0.2, 0) is 15.3 Å². The number of hydrogen-bond acceptors (Lipinski definition) is 9. The highest BCUT2D eigenvalue weighted by atomic mass is 16.6. The summed E-state index contributed by atoms with van der Waals surface area (Å²) in [5.74, 6) is -1.60. The number of ketones is 1. The summed E-state index contributed by atoms with van der Waals surface area (Å²) in [4.78, 5) is 31.7. The highest BCUT2D eigenvalue weighted by Gasteiger charge is 2.61. The fourth-order valence-electron chi connectivity index (χ4n) is 2.46. The van der Waals surface area contributed by atoms with Gasteiger partial charge in [-0.2, -0.15) is 4.98 Å². The molecule has 0 aromatic carbocycles. The second-order valence-electron chi connectivity index (χ2n) is 5.36. The van der Waals surface area contributed by atoms with Gasteiger partial charge in [0.05, 0.1) is 6.61 Å². The van der Waals surface area contributed by atoms with E-state index in [9.17, 15) is 24.9 Å². The highest BCUT2D eigenvalue weighted by Crippen LogP contribution is 2.37. The molecule has 122 valence electrons. The maximum atomic E-state index is 12.6. The Morgan fingerprint density at radius 1 is 1.55 bits per heavy atom. The minimum atomic E-state index is -2.22. The molecule has 2 heterocycles.